The van der Waals surface area contributed by atoms with E-state index in [-0.39, 0.29) is 5.41 Å². The van der Waals surface area contributed by atoms with Gasteiger partial charge in [0.05, 0.1) is 0 Å². The van der Waals surface area contributed by atoms with Gasteiger partial charge in [-0.15, -0.1) is 0 Å². The summed E-state index contributed by atoms with van der Waals surface area (Å²) in [4.78, 5) is 2.40. The second-order valence-electron chi connectivity index (χ2n) is 16.5. The number of benzene rings is 9. The molecule has 0 bridgehead atoms. The van der Waals surface area contributed by atoms with Crippen molar-refractivity contribution in [2.24, 2.45) is 0 Å². The minimum Gasteiger partial charge on any atom is -0.456 e. The monoisotopic (exact) mass is 785 g/mol. The number of anilines is 3. The Balaban J connectivity index is 1.07. The van der Waals surface area contributed by atoms with Gasteiger partial charge in [-0.25, -0.2) is 0 Å². The molecule has 0 amide bonds. The normalized spacial score (nSPS) is 13.0. The summed E-state index contributed by atoms with van der Waals surface area (Å²) in [6.07, 6.45) is 0. The van der Waals surface area contributed by atoms with Crippen LogP contribution in [0.1, 0.15) is 25.0 Å². The van der Waals surface area contributed by atoms with Gasteiger partial charge in [0.2, 0.25) is 0 Å². The minimum atomic E-state index is -2.71. The first-order valence-corrected chi connectivity index (χ1v) is 22.8. The van der Waals surface area contributed by atoms with Gasteiger partial charge in [-0.3, -0.25) is 0 Å². The predicted octanol–water partition coefficient (Wildman–Crippen LogP) is 12.4. The van der Waals surface area contributed by atoms with E-state index in [0.29, 0.717) is 0 Å². The quantitative estimate of drug-likeness (QED) is 0.113. The third kappa shape index (κ3) is 5.69. The largest absolute Gasteiger partial charge is 0.456 e. The molecule has 0 N–H and O–H groups in total. The number of furan rings is 1. The molecule has 0 spiro atoms. The highest BCUT2D eigenvalue weighted by Gasteiger charge is 2.44. The van der Waals surface area contributed by atoms with Gasteiger partial charge >= 0.3 is 0 Å². The number of hydrogen-bond donors (Lipinski definition) is 0. The van der Waals surface area contributed by atoms with E-state index < -0.39 is 8.07 Å². The van der Waals surface area contributed by atoms with Crippen molar-refractivity contribution in [1.82, 2.24) is 0 Å². The molecule has 286 valence electrons. The Kier molecular flexibility index (Phi) is 8.54. The molecule has 1 aromatic heterocycles. The summed E-state index contributed by atoms with van der Waals surface area (Å²) < 4.78 is 6.29. The number of rotatable bonds is 8. The van der Waals surface area contributed by atoms with Crippen LogP contribution in [0.3, 0.4) is 0 Å². The van der Waals surface area contributed by atoms with Crippen molar-refractivity contribution in [2.75, 3.05) is 4.90 Å². The molecule has 1 aliphatic carbocycles. The standard InChI is InChI=1S/C57H43NOSi/c1-57(2)53-38-44(58(42-29-27-41(28-30-42)40-17-7-3-8-18-40)43-32-36-56-52(37-43)51-25-15-16-26-55(51)59-56)31-34-49(53)50-35-33-48(39-54(50)57)60(45-19-9-4-10-20-45,46-21-11-5-12-22-46)47-23-13-6-14-24-47/h3-39H,1-2H3. The van der Waals surface area contributed by atoms with Gasteiger partial charge in [-0.2, -0.15) is 0 Å². The summed E-state index contributed by atoms with van der Waals surface area (Å²) in [6, 6.07) is 82.6. The summed E-state index contributed by atoms with van der Waals surface area (Å²) in [6.45, 7) is 4.81. The Morgan fingerprint density at radius 1 is 0.367 bits per heavy atom. The Hall–Kier alpha value is -7.20. The fourth-order valence-electron chi connectivity index (χ4n) is 9.90. The lowest BCUT2D eigenvalue weighted by atomic mass is 9.82. The fraction of sp³-hybridized carbons (Fsp3) is 0.0526. The fourth-order valence-corrected chi connectivity index (χ4v) is 14.7. The van der Waals surface area contributed by atoms with Crippen LogP contribution in [0.25, 0.3) is 44.2 Å². The molecule has 3 heteroatoms. The van der Waals surface area contributed by atoms with Gasteiger partial charge in [-0.1, -0.05) is 190 Å². The van der Waals surface area contributed by atoms with Gasteiger partial charge in [0.25, 0.3) is 0 Å². The van der Waals surface area contributed by atoms with E-state index in [4.69, 9.17) is 4.42 Å². The molecule has 10 aromatic rings. The van der Waals surface area contributed by atoms with Gasteiger partial charge in [0, 0.05) is 33.2 Å². The lowest BCUT2D eigenvalue weighted by Gasteiger charge is -2.35. The predicted molar refractivity (Wildman–Crippen MR) is 255 cm³/mol. The van der Waals surface area contributed by atoms with Crippen LogP contribution >= 0.6 is 0 Å². The molecule has 0 unspecified atom stereocenters. The maximum Gasteiger partial charge on any atom is 0.179 e. The highest BCUT2D eigenvalue weighted by molar-refractivity contribution is 7.19. The summed E-state index contributed by atoms with van der Waals surface area (Å²) >= 11 is 0. The molecule has 1 aliphatic rings. The van der Waals surface area contributed by atoms with E-state index in [1.807, 2.05) is 12.1 Å². The molecule has 0 radical (unpaired) electrons. The van der Waals surface area contributed by atoms with Crippen LogP contribution in [0, 0.1) is 0 Å². The first-order valence-electron chi connectivity index (χ1n) is 20.8. The van der Waals surface area contributed by atoms with E-state index in [1.54, 1.807) is 0 Å². The van der Waals surface area contributed by atoms with Crippen molar-refractivity contribution < 1.29 is 4.42 Å². The number of para-hydroxylation sites is 1. The maximum atomic E-state index is 6.29. The number of hydrogen-bond acceptors (Lipinski definition) is 2. The summed E-state index contributed by atoms with van der Waals surface area (Å²) in [7, 11) is -2.71. The first kappa shape index (κ1) is 35.9. The Bertz CT molecular complexity index is 3060. The van der Waals surface area contributed by atoms with Crippen molar-refractivity contribution in [3.05, 3.63) is 236 Å². The zero-order valence-electron chi connectivity index (χ0n) is 33.7. The van der Waals surface area contributed by atoms with E-state index >= 15 is 0 Å². The Morgan fingerprint density at radius 2 is 0.833 bits per heavy atom. The molecule has 1 heterocycles. The number of nitrogens with zero attached hydrogens (tertiary/aromatic N) is 1. The lowest BCUT2D eigenvalue weighted by molar-refractivity contribution is 0.661. The highest BCUT2D eigenvalue weighted by Crippen LogP contribution is 2.51. The summed E-state index contributed by atoms with van der Waals surface area (Å²) in [5, 5.41) is 7.78. The van der Waals surface area contributed by atoms with Crippen LogP contribution in [0.2, 0.25) is 0 Å². The van der Waals surface area contributed by atoms with Crippen LogP contribution in [0.5, 0.6) is 0 Å². The van der Waals surface area contributed by atoms with Crippen molar-refractivity contribution in [3.63, 3.8) is 0 Å². The first-order chi connectivity index (χ1) is 29.5. The highest BCUT2D eigenvalue weighted by atomic mass is 28.3. The van der Waals surface area contributed by atoms with Crippen LogP contribution in [-0.4, -0.2) is 8.07 Å². The molecule has 0 aliphatic heterocycles. The summed E-state index contributed by atoms with van der Waals surface area (Å²) in [5.41, 5.74) is 12.6. The van der Waals surface area contributed by atoms with Crippen molar-refractivity contribution in [1.29, 1.82) is 0 Å². The SMILES string of the molecule is CC1(C)c2cc(N(c3ccc(-c4ccccc4)cc3)c3ccc4oc5ccccc5c4c3)ccc2-c2ccc([Si](c3ccccc3)(c3ccccc3)c3ccccc3)cc21. The lowest BCUT2D eigenvalue weighted by Crippen LogP contribution is -2.74. The van der Waals surface area contributed by atoms with Gasteiger partial charge < -0.3 is 9.32 Å². The van der Waals surface area contributed by atoms with Crippen molar-refractivity contribution >= 4 is 67.8 Å². The Labute approximate surface area is 352 Å². The van der Waals surface area contributed by atoms with E-state index in [2.05, 4.69) is 231 Å². The van der Waals surface area contributed by atoms with Crippen LogP contribution < -0.4 is 25.6 Å². The second kappa shape index (κ2) is 14.3. The van der Waals surface area contributed by atoms with Crippen molar-refractivity contribution in [3.8, 4) is 22.3 Å². The average Bonchev–Trinajstić information content (AvgIpc) is 3.79. The molecular formula is C57H43NOSi. The molecule has 0 saturated carbocycles. The van der Waals surface area contributed by atoms with E-state index in [1.165, 1.54) is 54.1 Å². The van der Waals surface area contributed by atoms with E-state index in [0.717, 1.165) is 39.0 Å². The third-order valence-electron chi connectivity index (χ3n) is 12.8. The van der Waals surface area contributed by atoms with Crippen LogP contribution in [-0.2, 0) is 5.41 Å². The maximum absolute atomic E-state index is 6.29. The van der Waals surface area contributed by atoms with Gasteiger partial charge in [0.1, 0.15) is 11.2 Å². The average molecular weight is 786 g/mol. The molecular weight excluding hydrogens is 743 g/mol. The molecule has 60 heavy (non-hydrogen) atoms. The molecule has 0 atom stereocenters. The summed E-state index contributed by atoms with van der Waals surface area (Å²) in [5.74, 6) is 0. The smallest absolute Gasteiger partial charge is 0.179 e. The number of fused-ring (bicyclic) bond motifs is 6. The molecule has 2 nitrogen and oxygen atoms in total. The van der Waals surface area contributed by atoms with Crippen LogP contribution in [0.15, 0.2) is 229 Å². The third-order valence-corrected chi connectivity index (χ3v) is 17.6. The van der Waals surface area contributed by atoms with E-state index in [9.17, 15) is 0 Å². The minimum absolute atomic E-state index is 0.256. The zero-order chi connectivity index (χ0) is 40.3. The topological polar surface area (TPSA) is 16.4 Å². The van der Waals surface area contributed by atoms with Crippen LogP contribution in [0.4, 0.5) is 17.1 Å². The van der Waals surface area contributed by atoms with Crippen molar-refractivity contribution in [2.45, 2.75) is 19.3 Å². The second-order valence-corrected chi connectivity index (χ2v) is 20.3. The molecule has 0 fully saturated rings. The molecule has 11 rings (SSSR count). The zero-order valence-corrected chi connectivity index (χ0v) is 34.7. The molecule has 9 aromatic carbocycles. The van der Waals surface area contributed by atoms with Gasteiger partial charge in [0.15, 0.2) is 8.07 Å². The Morgan fingerprint density at radius 3 is 1.47 bits per heavy atom. The van der Waals surface area contributed by atoms with Gasteiger partial charge in [-0.05, 0) is 103 Å². The molecule has 0 saturated heterocycles.